The summed E-state index contributed by atoms with van der Waals surface area (Å²) < 4.78 is 5.46. The lowest BCUT2D eigenvalue weighted by atomic mass is 10.0. The Hall–Kier alpha value is -1.95. The van der Waals surface area contributed by atoms with E-state index in [1.54, 1.807) is 6.07 Å². The van der Waals surface area contributed by atoms with Crippen molar-refractivity contribution in [2.45, 2.75) is 59.0 Å². The first-order valence-electron chi connectivity index (χ1n) is 10.4. The Morgan fingerprint density at radius 2 is 2.04 bits per heavy atom. The van der Waals surface area contributed by atoms with Gasteiger partial charge in [0.2, 0.25) is 0 Å². The number of rotatable bonds is 9. The van der Waals surface area contributed by atoms with Gasteiger partial charge < -0.3 is 25.4 Å². The van der Waals surface area contributed by atoms with E-state index < -0.39 is 0 Å². The zero-order valence-electron chi connectivity index (χ0n) is 17.1. The molecule has 1 saturated heterocycles. The summed E-state index contributed by atoms with van der Waals surface area (Å²) in [7, 11) is 0. The number of hydrogen-bond donors (Lipinski definition) is 3. The highest BCUT2D eigenvalue weighted by atomic mass is 16.5. The van der Waals surface area contributed by atoms with Crippen molar-refractivity contribution >= 4 is 5.96 Å². The monoisotopic (exact) mass is 376 g/mol. The van der Waals surface area contributed by atoms with Gasteiger partial charge in [0.15, 0.2) is 17.5 Å². The summed E-state index contributed by atoms with van der Waals surface area (Å²) in [5.74, 6) is 1.54. The molecular formula is C21H36N4O2. The van der Waals surface area contributed by atoms with E-state index in [9.17, 15) is 5.11 Å². The topological polar surface area (TPSA) is 69.1 Å². The van der Waals surface area contributed by atoms with Crippen molar-refractivity contribution in [3.05, 3.63) is 23.8 Å². The number of nitrogens with one attached hydrogen (secondary N) is 2. The third-order valence-electron chi connectivity index (χ3n) is 4.84. The molecule has 1 aliphatic rings. The fourth-order valence-corrected chi connectivity index (χ4v) is 3.29. The third-order valence-corrected chi connectivity index (χ3v) is 4.84. The number of guanidine groups is 1. The molecule has 0 bridgehead atoms. The van der Waals surface area contributed by atoms with Crippen LogP contribution in [0.2, 0.25) is 0 Å². The van der Waals surface area contributed by atoms with Gasteiger partial charge in [-0.05, 0) is 57.4 Å². The van der Waals surface area contributed by atoms with Gasteiger partial charge in [-0.3, -0.25) is 0 Å². The average molecular weight is 377 g/mol. The van der Waals surface area contributed by atoms with Crippen LogP contribution in [0.15, 0.2) is 23.2 Å². The van der Waals surface area contributed by atoms with Crippen molar-refractivity contribution in [3.63, 3.8) is 0 Å². The molecule has 1 fully saturated rings. The van der Waals surface area contributed by atoms with Gasteiger partial charge in [-0.25, -0.2) is 4.99 Å². The molecule has 6 heteroatoms. The van der Waals surface area contributed by atoms with Crippen LogP contribution in [0.3, 0.4) is 0 Å². The van der Waals surface area contributed by atoms with Crippen molar-refractivity contribution in [1.82, 2.24) is 15.5 Å². The van der Waals surface area contributed by atoms with Crippen molar-refractivity contribution in [2.24, 2.45) is 4.99 Å². The first kappa shape index (κ1) is 21.4. The summed E-state index contributed by atoms with van der Waals surface area (Å²) in [6.07, 6.45) is 4.86. The van der Waals surface area contributed by atoms with Gasteiger partial charge in [0.1, 0.15) is 0 Å². The Kier molecular flexibility index (Phi) is 9.25. The molecule has 1 aromatic carbocycles. The molecule has 0 aliphatic carbocycles. The van der Waals surface area contributed by atoms with Crippen LogP contribution in [0.25, 0.3) is 0 Å². The molecule has 152 valence electrons. The predicted octanol–water partition coefficient (Wildman–Crippen LogP) is 3.11. The maximum atomic E-state index is 9.83. The number of piperidine rings is 1. The summed E-state index contributed by atoms with van der Waals surface area (Å²) in [4.78, 5) is 7.29. The summed E-state index contributed by atoms with van der Waals surface area (Å²) >= 11 is 0. The van der Waals surface area contributed by atoms with E-state index in [2.05, 4.69) is 29.4 Å². The van der Waals surface area contributed by atoms with Crippen molar-refractivity contribution in [3.8, 4) is 11.5 Å². The largest absolute Gasteiger partial charge is 0.504 e. The van der Waals surface area contributed by atoms with Crippen molar-refractivity contribution in [2.75, 3.05) is 32.8 Å². The van der Waals surface area contributed by atoms with Gasteiger partial charge in [0.25, 0.3) is 0 Å². The molecule has 6 nitrogen and oxygen atoms in total. The first-order valence-corrected chi connectivity index (χ1v) is 10.4. The lowest BCUT2D eigenvalue weighted by Gasteiger charge is -2.33. The van der Waals surface area contributed by atoms with Crippen molar-refractivity contribution < 1.29 is 9.84 Å². The number of phenols is 1. The SMILES string of the molecule is CCCCN1CCC(NC(=NCc2ccc(O)c(OCC)c2)NCC)CC1. The number of aliphatic imine (C=N–C) groups is 1. The molecule has 0 amide bonds. The summed E-state index contributed by atoms with van der Waals surface area (Å²) in [5.41, 5.74) is 1.02. The number of likely N-dealkylation sites (tertiary alicyclic amines) is 1. The van der Waals surface area contributed by atoms with Crippen molar-refractivity contribution in [1.29, 1.82) is 0 Å². The molecule has 0 aromatic heterocycles. The smallest absolute Gasteiger partial charge is 0.191 e. The van der Waals surface area contributed by atoms with Crippen LogP contribution in [-0.2, 0) is 6.54 Å². The molecular weight excluding hydrogens is 340 g/mol. The molecule has 3 N–H and O–H groups in total. The van der Waals surface area contributed by atoms with Crippen LogP contribution >= 0.6 is 0 Å². The third kappa shape index (κ3) is 7.29. The molecule has 1 aliphatic heterocycles. The van der Waals surface area contributed by atoms with Crippen LogP contribution in [0, 0.1) is 0 Å². The predicted molar refractivity (Wildman–Crippen MR) is 112 cm³/mol. The number of phenolic OH excluding ortho intramolecular Hbond substituents is 1. The quantitative estimate of drug-likeness (QED) is 0.456. The van der Waals surface area contributed by atoms with Gasteiger partial charge in [-0.1, -0.05) is 19.4 Å². The molecule has 1 heterocycles. The number of unbranched alkanes of at least 4 members (excludes halogenated alkanes) is 1. The van der Waals surface area contributed by atoms with E-state index in [1.165, 1.54) is 19.4 Å². The molecule has 0 unspecified atom stereocenters. The lowest BCUT2D eigenvalue weighted by Crippen LogP contribution is -2.48. The van der Waals surface area contributed by atoms with Gasteiger partial charge in [0.05, 0.1) is 13.2 Å². The second-order valence-electron chi connectivity index (χ2n) is 7.04. The van der Waals surface area contributed by atoms with E-state index in [4.69, 9.17) is 9.73 Å². The van der Waals surface area contributed by atoms with E-state index in [0.29, 0.717) is 24.9 Å². The maximum absolute atomic E-state index is 9.83. The fourth-order valence-electron chi connectivity index (χ4n) is 3.29. The van der Waals surface area contributed by atoms with E-state index in [-0.39, 0.29) is 5.75 Å². The molecule has 2 rings (SSSR count). The maximum Gasteiger partial charge on any atom is 0.191 e. The zero-order chi connectivity index (χ0) is 19.5. The number of ether oxygens (including phenoxy) is 1. The highest BCUT2D eigenvalue weighted by Crippen LogP contribution is 2.27. The van der Waals surface area contributed by atoms with Crippen LogP contribution in [0.4, 0.5) is 0 Å². The second kappa shape index (κ2) is 11.7. The first-order chi connectivity index (χ1) is 13.2. The number of nitrogens with zero attached hydrogens (tertiary/aromatic N) is 2. The van der Waals surface area contributed by atoms with Gasteiger partial charge in [0, 0.05) is 25.7 Å². The molecule has 0 radical (unpaired) electrons. The van der Waals surface area contributed by atoms with Crippen LogP contribution in [0.1, 0.15) is 52.0 Å². The second-order valence-corrected chi connectivity index (χ2v) is 7.04. The molecule has 0 atom stereocenters. The minimum atomic E-state index is 0.171. The normalized spacial score (nSPS) is 16.3. The summed E-state index contributed by atoms with van der Waals surface area (Å²) in [6.45, 7) is 11.7. The standard InChI is InChI=1S/C21H36N4O2/c1-4-7-12-25-13-10-18(11-14-25)24-21(22-5-2)23-16-17-8-9-19(26)20(15-17)27-6-3/h8-9,15,18,26H,4-7,10-14,16H2,1-3H3,(H2,22,23,24). The van der Waals surface area contributed by atoms with E-state index in [0.717, 1.165) is 44.0 Å². The van der Waals surface area contributed by atoms with Crippen LogP contribution in [0.5, 0.6) is 11.5 Å². The Bertz CT molecular complexity index is 584. The Labute approximate surface area is 164 Å². The van der Waals surface area contributed by atoms with E-state index >= 15 is 0 Å². The summed E-state index contributed by atoms with van der Waals surface area (Å²) in [6, 6.07) is 5.89. The fraction of sp³-hybridized carbons (Fsp3) is 0.667. The molecule has 27 heavy (non-hydrogen) atoms. The highest BCUT2D eigenvalue weighted by Gasteiger charge is 2.19. The molecule has 0 saturated carbocycles. The van der Waals surface area contributed by atoms with E-state index in [1.807, 2.05) is 19.1 Å². The number of hydrogen-bond acceptors (Lipinski definition) is 4. The van der Waals surface area contributed by atoms with Gasteiger partial charge in [-0.15, -0.1) is 0 Å². The molecule has 0 spiro atoms. The van der Waals surface area contributed by atoms with Gasteiger partial charge in [-0.2, -0.15) is 0 Å². The lowest BCUT2D eigenvalue weighted by molar-refractivity contribution is 0.203. The Morgan fingerprint density at radius 3 is 2.70 bits per heavy atom. The van der Waals surface area contributed by atoms with Gasteiger partial charge >= 0.3 is 0 Å². The Morgan fingerprint density at radius 1 is 1.26 bits per heavy atom. The average Bonchev–Trinajstić information content (AvgIpc) is 2.68. The minimum Gasteiger partial charge on any atom is -0.504 e. The van der Waals surface area contributed by atoms with Crippen LogP contribution in [-0.4, -0.2) is 54.8 Å². The molecule has 1 aromatic rings. The number of benzene rings is 1. The number of aromatic hydroxyl groups is 1. The Balaban J connectivity index is 1.90. The highest BCUT2D eigenvalue weighted by molar-refractivity contribution is 5.80. The zero-order valence-corrected chi connectivity index (χ0v) is 17.1. The summed E-state index contributed by atoms with van der Waals surface area (Å²) in [5, 5.41) is 16.8. The minimum absolute atomic E-state index is 0.171. The van der Waals surface area contributed by atoms with Crippen LogP contribution < -0.4 is 15.4 Å².